The van der Waals surface area contributed by atoms with Crippen molar-refractivity contribution in [1.82, 2.24) is 19.7 Å². The Labute approximate surface area is 186 Å². The van der Waals surface area contributed by atoms with Gasteiger partial charge in [-0.2, -0.15) is 5.10 Å². The summed E-state index contributed by atoms with van der Waals surface area (Å²) in [7, 11) is 1.67. The predicted octanol–water partition coefficient (Wildman–Crippen LogP) is 3.41. The van der Waals surface area contributed by atoms with Gasteiger partial charge in [-0.05, 0) is 43.3 Å². The molecular weight excluding hydrogens is 406 g/mol. The lowest BCUT2D eigenvalue weighted by Gasteiger charge is -2.12. The molecule has 3 N–H and O–H groups in total. The summed E-state index contributed by atoms with van der Waals surface area (Å²) in [4.78, 5) is 9.24. The molecule has 1 atom stereocenters. The van der Waals surface area contributed by atoms with Gasteiger partial charge in [0.15, 0.2) is 5.82 Å². The van der Waals surface area contributed by atoms with Crippen LogP contribution in [0.4, 0.5) is 0 Å². The quantitative estimate of drug-likeness (QED) is 0.389. The number of nitrogens with zero attached hydrogens (tertiary/aromatic N) is 4. The zero-order chi connectivity index (χ0) is 22.5. The first-order valence-electron chi connectivity index (χ1n) is 10.5. The maximum atomic E-state index is 9.48. The second kappa shape index (κ2) is 9.86. The van der Waals surface area contributed by atoms with Gasteiger partial charge in [-0.25, -0.2) is 9.67 Å². The fourth-order valence-electron chi connectivity index (χ4n) is 3.47. The van der Waals surface area contributed by atoms with E-state index in [0.717, 1.165) is 34.3 Å². The summed E-state index contributed by atoms with van der Waals surface area (Å²) in [6, 6.07) is 15.1. The standard InChI is InChI=1S/C24H27N5O3/c1-16(25)20-7-4-8-21(28-20)17-12-22-19(23(13-17)32-11-5-10-31-2)14-26-29(22)24-9-3-6-18(15-30)27-24/h3-4,6-9,12-14,16,30H,5,10-11,15,25H2,1-2H3. The fourth-order valence-corrected chi connectivity index (χ4v) is 3.47. The molecule has 8 heteroatoms. The Bertz CT molecular complexity index is 1210. The highest BCUT2D eigenvalue weighted by Gasteiger charge is 2.15. The van der Waals surface area contributed by atoms with Crippen LogP contribution in [0.3, 0.4) is 0 Å². The van der Waals surface area contributed by atoms with Crippen LogP contribution < -0.4 is 10.5 Å². The van der Waals surface area contributed by atoms with E-state index < -0.39 is 0 Å². The lowest BCUT2D eigenvalue weighted by atomic mass is 10.1. The van der Waals surface area contributed by atoms with Crippen LogP contribution in [0, 0.1) is 0 Å². The molecule has 0 amide bonds. The number of aliphatic hydroxyl groups is 1. The second-order valence-electron chi connectivity index (χ2n) is 7.54. The molecule has 0 fully saturated rings. The van der Waals surface area contributed by atoms with Gasteiger partial charge in [-0.1, -0.05) is 12.1 Å². The number of ether oxygens (including phenoxy) is 2. The largest absolute Gasteiger partial charge is 0.493 e. The van der Waals surface area contributed by atoms with E-state index in [1.807, 2.05) is 49.4 Å². The molecule has 0 aliphatic rings. The van der Waals surface area contributed by atoms with Gasteiger partial charge in [-0.15, -0.1) is 0 Å². The van der Waals surface area contributed by atoms with Gasteiger partial charge in [0, 0.05) is 31.7 Å². The number of pyridine rings is 2. The molecule has 0 saturated carbocycles. The molecule has 166 valence electrons. The number of methoxy groups -OCH3 is 1. The molecule has 1 unspecified atom stereocenters. The van der Waals surface area contributed by atoms with Crippen LogP contribution in [0.1, 0.15) is 30.8 Å². The van der Waals surface area contributed by atoms with Gasteiger partial charge in [0.1, 0.15) is 5.75 Å². The summed E-state index contributed by atoms with van der Waals surface area (Å²) in [5, 5.41) is 14.9. The maximum Gasteiger partial charge on any atom is 0.154 e. The topological polar surface area (TPSA) is 108 Å². The smallest absolute Gasteiger partial charge is 0.154 e. The first-order valence-corrected chi connectivity index (χ1v) is 10.5. The Hall–Kier alpha value is -3.33. The molecule has 8 nitrogen and oxygen atoms in total. The van der Waals surface area contributed by atoms with Crippen molar-refractivity contribution in [2.45, 2.75) is 26.0 Å². The van der Waals surface area contributed by atoms with Crippen LogP contribution in [0.5, 0.6) is 5.75 Å². The van der Waals surface area contributed by atoms with Crippen LogP contribution in [-0.4, -0.2) is 45.2 Å². The highest BCUT2D eigenvalue weighted by atomic mass is 16.5. The van der Waals surface area contributed by atoms with Crippen LogP contribution in [0.15, 0.2) is 54.7 Å². The lowest BCUT2D eigenvalue weighted by Crippen LogP contribution is -2.07. The van der Waals surface area contributed by atoms with Crippen LogP contribution >= 0.6 is 0 Å². The lowest BCUT2D eigenvalue weighted by molar-refractivity contribution is 0.172. The molecule has 3 heterocycles. The monoisotopic (exact) mass is 433 g/mol. The van der Waals surface area contributed by atoms with Gasteiger partial charge in [-0.3, -0.25) is 4.98 Å². The molecule has 0 saturated heterocycles. The Balaban J connectivity index is 1.84. The van der Waals surface area contributed by atoms with E-state index in [-0.39, 0.29) is 12.6 Å². The third kappa shape index (κ3) is 4.62. The number of hydrogen-bond acceptors (Lipinski definition) is 7. The zero-order valence-electron chi connectivity index (χ0n) is 18.2. The third-order valence-corrected chi connectivity index (χ3v) is 5.11. The highest BCUT2D eigenvalue weighted by molar-refractivity contribution is 5.90. The molecule has 4 aromatic rings. The molecule has 1 aromatic carbocycles. The summed E-state index contributed by atoms with van der Waals surface area (Å²) in [5.41, 5.74) is 9.96. The van der Waals surface area contributed by atoms with Crippen molar-refractivity contribution in [2.75, 3.05) is 20.3 Å². The average molecular weight is 434 g/mol. The van der Waals surface area contributed by atoms with Crippen LogP contribution in [-0.2, 0) is 11.3 Å². The number of hydrogen-bond donors (Lipinski definition) is 2. The molecule has 3 aromatic heterocycles. The average Bonchev–Trinajstić information content (AvgIpc) is 3.26. The molecular formula is C24H27N5O3. The van der Waals surface area contributed by atoms with Crippen LogP contribution in [0.25, 0.3) is 28.0 Å². The van der Waals surface area contributed by atoms with E-state index in [0.29, 0.717) is 30.5 Å². The predicted molar refractivity (Wildman–Crippen MR) is 123 cm³/mol. The Morgan fingerprint density at radius 1 is 1.09 bits per heavy atom. The van der Waals surface area contributed by atoms with E-state index in [1.54, 1.807) is 24.1 Å². The summed E-state index contributed by atoms with van der Waals surface area (Å²) < 4.78 is 13.0. The minimum atomic E-state index is -0.167. The first-order chi connectivity index (χ1) is 15.6. The normalized spacial score (nSPS) is 12.2. The van der Waals surface area contributed by atoms with Gasteiger partial charge in [0.05, 0.1) is 47.4 Å². The van der Waals surface area contributed by atoms with Crippen molar-refractivity contribution >= 4 is 10.9 Å². The van der Waals surface area contributed by atoms with Gasteiger partial charge in [0.25, 0.3) is 0 Å². The highest BCUT2D eigenvalue weighted by Crippen LogP contribution is 2.33. The molecule has 0 aliphatic heterocycles. The second-order valence-corrected chi connectivity index (χ2v) is 7.54. The molecule has 32 heavy (non-hydrogen) atoms. The van der Waals surface area contributed by atoms with E-state index in [1.165, 1.54) is 0 Å². The molecule has 0 bridgehead atoms. The third-order valence-electron chi connectivity index (χ3n) is 5.11. The SMILES string of the molecule is COCCCOc1cc(-c2cccc(C(C)N)n2)cc2c1cnn2-c1cccc(CO)n1. The number of benzene rings is 1. The minimum absolute atomic E-state index is 0.139. The van der Waals surface area contributed by atoms with E-state index in [2.05, 4.69) is 10.1 Å². The summed E-state index contributed by atoms with van der Waals surface area (Å²) in [6.45, 7) is 2.91. The van der Waals surface area contributed by atoms with Crippen molar-refractivity contribution in [3.63, 3.8) is 0 Å². The number of nitrogens with two attached hydrogens (primary N) is 1. The van der Waals surface area contributed by atoms with Crippen molar-refractivity contribution in [2.24, 2.45) is 5.73 Å². The Morgan fingerprint density at radius 3 is 2.72 bits per heavy atom. The van der Waals surface area contributed by atoms with Crippen molar-refractivity contribution < 1.29 is 14.6 Å². The van der Waals surface area contributed by atoms with E-state index >= 15 is 0 Å². The minimum Gasteiger partial charge on any atom is -0.493 e. The number of aromatic nitrogens is 4. The fraction of sp³-hybridized carbons (Fsp3) is 0.292. The van der Waals surface area contributed by atoms with Gasteiger partial charge in [0.2, 0.25) is 0 Å². The molecule has 0 radical (unpaired) electrons. The summed E-state index contributed by atoms with van der Waals surface area (Å²) in [5.74, 6) is 1.33. The maximum absolute atomic E-state index is 9.48. The molecule has 4 rings (SSSR count). The zero-order valence-corrected chi connectivity index (χ0v) is 18.2. The van der Waals surface area contributed by atoms with E-state index in [4.69, 9.17) is 20.2 Å². The molecule has 0 spiro atoms. The van der Waals surface area contributed by atoms with Gasteiger partial charge < -0.3 is 20.3 Å². The summed E-state index contributed by atoms with van der Waals surface area (Å²) in [6.07, 6.45) is 2.54. The van der Waals surface area contributed by atoms with E-state index in [9.17, 15) is 5.11 Å². The van der Waals surface area contributed by atoms with Crippen LogP contribution in [0.2, 0.25) is 0 Å². The van der Waals surface area contributed by atoms with Crippen molar-refractivity contribution in [3.05, 3.63) is 66.1 Å². The Morgan fingerprint density at radius 2 is 1.94 bits per heavy atom. The van der Waals surface area contributed by atoms with Crippen molar-refractivity contribution in [3.8, 4) is 22.8 Å². The number of rotatable bonds is 9. The van der Waals surface area contributed by atoms with Crippen molar-refractivity contribution in [1.29, 1.82) is 0 Å². The Kier molecular flexibility index (Phi) is 6.75. The number of fused-ring (bicyclic) bond motifs is 1. The van der Waals surface area contributed by atoms with Gasteiger partial charge >= 0.3 is 0 Å². The first kappa shape index (κ1) is 21.9. The summed E-state index contributed by atoms with van der Waals surface area (Å²) >= 11 is 0. The molecule has 0 aliphatic carbocycles. The number of aliphatic hydroxyl groups excluding tert-OH is 1.